The highest BCUT2D eigenvalue weighted by Gasteiger charge is 2.28. The molecule has 0 spiro atoms. The predicted molar refractivity (Wildman–Crippen MR) is 83.7 cm³/mol. The summed E-state index contributed by atoms with van der Waals surface area (Å²) in [6.07, 6.45) is 5.78. The maximum absolute atomic E-state index is 10.7. The van der Waals surface area contributed by atoms with Crippen LogP contribution in [0.1, 0.15) is 29.0 Å². The molecule has 2 aromatic heterocycles. The smallest absolute Gasteiger partial charge is 0.300 e. The molecule has 0 N–H and O–H groups in total. The van der Waals surface area contributed by atoms with Crippen LogP contribution in [0.3, 0.4) is 0 Å². The first-order valence-corrected chi connectivity index (χ1v) is 7.38. The van der Waals surface area contributed by atoms with E-state index in [2.05, 4.69) is 11.1 Å². The largest absolute Gasteiger partial charge is 0.366 e. The molecule has 0 saturated carbocycles. The van der Waals surface area contributed by atoms with E-state index in [0.717, 1.165) is 46.6 Å². The quantitative estimate of drug-likeness (QED) is 0.414. The Kier molecular flexibility index (Phi) is 2.97. The highest BCUT2D eigenvalue weighted by molar-refractivity contribution is 5.82. The summed E-state index contributed by atoms with van der Waals surface area (Å²) in [5, 5.41) is 10.7. The highest BCUT2D eigenvalue weighted by atomic mass is 16.6. The van der Waals surface area contributed by atoms with Gasteiger partial charge in [-0.3, -0.25) is 10.1 Å². The number of rotatable bonds is 2. The molecular weight excluding hydrogens is 294 g/mol. The molecule has 1 aromatic carbocycles. The Morgan fingerprint density at radius 1 is 1.30 bits per heavy atom. The highest BCUT2D eigenvalue weighted by Crippen LogP contribution is 2.31. The molecule has 3 aromatic rings. The molecule has 6 nitrogen and oxygen atoms in total. The van der Waals surface area contributed by atoms with Gasteiger partial charge in [0.25, 0.3) is 5.69 Å². The molecule has 2 heterocycles. The summed E-state index contributed by atoms with van der Waals surface area (Å²) in [7, 11) is 0. The third-order valence-corrected chi connectivity index (χ3v) is 4.05. The van der Waals surface area contributed by atoms with Crippen molar-refractivity contribution in [2.45, 2.75) is 19.8 Å². The average Bonchev–Trinajstić information content (AvgIpc) is 3.10. The molecule has 114 valence electrons. The van der Waals surface area contributed by atoms with Gasteiger partial charge < -0.3 is 4.52 Å². The number of hydrogen-bond acceptors (Lipinski definition) is 4. The van der Waals surface area contributed by atoms with Crippen LogP contribution in [0.5, 0.6) is 0 Å². The van der Waals surface area contributed by atoms with Gasteiger partial charge in [0.15, 0.2) is 11.5 Å². The lowest BCUT2D eigenvalue weighted by Gasteiger charge is -1.99. The number of hydrogen-bond donors (Lipinski definition) is 0. The van der Waals surface area contributed by atoms with Crippen molar-refractivity contribution in [1.29, 1.82) is 0 Å². The molecule has 0 fully saturated rings. The van der Waals surface area contributed by atoms with Crippen LogP contribution in [0.2, 0.25) is 0 Å². The van der Waals surface area contributed by atoms with E-state index in [1.807, 2.05) is 19.2 Å². The number of nitro groups is 1. The van der Waals surface area contributed by atoms with Crippen LogP contribution in [-0.4, -0.2) is 9.91 Å². The van der Waals surface area contributed by atoms with Gasteiger partial charge in [-0.1, -0.05) is 0 Å². The molecule has 0 saturated heterocycles. The van der Waals surface area contributed by atoms with E-state index >= 15 is 0 Å². The summed E-state index contributed by atoms with van der Waals surface area (Å²) in [6.45, 7) is 1.90. The molecule has 4 rings (SSSR count). The Balaban J connectivity index is 1.80. The summed E-state index contributed by atoms with van der Waals surface area (Å²) < 4.78 is 7.53. The number of non-ortho nitro benzene ring substituents is 1. The Labute approximate surface area is 131 Å². The number of nitro benzene ring substituents is 1. The summed E-state index contributed by atoms with van der Waals surface area (Å²) in [6, 6.07) is 8.48. The first-order valence-electron chi connectivity index (χ1n) is 7.38. The molecule has 0 radical (unpaired) electrons. The minimum Gasteiger partial charge on any atom is -0.300 e. The normalized spacial score (nSPS) is 15.3. The van der Waals surface area contributed by atoms with Gasteiger partial charge in [-0.15, -0.1) is 0 Å². The second-order valence-electron chi connectivity index (χ2n) is 5.65. The van der Waals surface area contributed by atoms with Crippen molar-refractivity contribution < 1.29 is 14.0 Å². The number of aryl methyl sites for hydroxylation is 2. The minimum absolute atomic E-state index is 0.0987. The SMILES string of the molecule is Cc1cc2ncc3c([n+]2o1)/C(=C\c1ccc([N+](=O)[O-])cc1)CC3. The first-order chi connectivity index (χ1) is 11.1. The Bertz CT molecular complexity index is 955. The molecule has 1 aliphatic carbocycles. The lowest BCUT2D eigenvalue weighted by atomic mass is 10.1. The number of aromatic nitrogens is 2. The molecule has 0 bridgehead atoms. The Morgan fingerprint density at radius 3 is 2.83 bits per heavy atom. The fraction of sp³-hybridized carbons (Fsp3) is 0.176. The maximum atomic E-state index is 10.7. The molecule has 0 atom stereocenters. The summed E-state index contributed by atoms with van der Waals surface area (Å²) in [5.41, 5.74) is 5.18. The predicted octanol–water partition coefficient (Wildman–Crippen LogP) is 3.12. The van der Waals surface area contributed by atoms with Crippen LogP contribution >= 0.6 is 0 Å². The van der Waals surface area contributed by atoms with Gasteiger partial charge in [0.2, 0.25) is 0 Å². The zero-order valence-corrected chi connectivity index (χ0v) is 12.5. The molecular formula is C17H14N3O3+. The number of nitrogens with zero attached hydrogens (tertiary/aromatic N) is 3. The van der Waals surface area contributed by atoms with Crippen LogP contribution in [0.25, 0.3) is 17.3 Å². The fourth-order valence-electron chi connectivity index (χ4n) is 2.98. The van der Waals surface area contributed by atoms with Gasteiger partial charge in [0, 0.05) is 23.3 Å². The second kappa shape index (κ2) is 5.01. The van der Waals surface area contributed by atoms with Gasteiger partial charge >= 0.3 is 5.65 Å². The van der Waals surface area contributed by atoms with Crippen molar-refractivity contribution in [2.75, 3.05) is 0 Å². The molecule has 23 heavy (non-hydrogen) atoms. The van der Waals surface area contributed by atoms with Gasteiger partial charge in [0.05, 0.1) is 11.0 Å². The van der Waals surface area contributed by atoms with E-state index < -0.39 is 4.92 Å². The third-order valence-electron chi connectivity index (χ3n) is 4.05. The van der Waals surface area contributed by atoms with E-state index in [-0.39, 0.29) is 5.69 Å². The van der Waals surface area contributed by atoms with Gasteiger partial charge in [0.1, 0.15) is 6.20 Å². The van der Waals surface area contributed by atoms with E-state index in [0.29, 0.717) is 0 Å². The first kappa shape index (κ1) is 13.6. The fourth-order valence-corrected chi connectivity index (χ4v) is 2.98. The standard InChI is InChI=1S/C17H14N3O3/c1-11-8-16-18-10-14-5-4-13(17(14)19(16)23-11)9-12-2-6-15(7-3-12)20(21)22/h2-3,6-10H,4-5H2,1H3/q+1/b13-9-. The maximum Gasteiger partial charge on any atom is 0.366 e. The van der Waals surface area contributed by atoms with Gasteiger partial charge in [-0.05, 0) is 53.1 Å². The Hall–Kier alpha value is -3.02. The minimum atomic E-state index is -0.390. The topological polar surface area (TPSA) is 73.3 Å². The summed E-state index contributed by atoms with van der Waals surface area (Å²) >= 11 is 0. The molecule has 0 unspecified atom stereocenters. The number of allylic oxidation sites excluding steroid dienone is 1. The number of fused-ring (bicyclic) bond motifs is 3. The summed E-state index contributed by atoms with van der Waals surface area (Å²) in [5.74, 6) is 0.812. The lowest BCUT2D eigenvalue weighted by Crippen LogP contribution is -2.25. The van der Waals surface area contributed by atoms with E-state index in [4.69, 9.17) is 4.52 Å². The van der Waals surface area contributed by atoms with Crippen LogP contribution in [-0.2, 0) is 6.42 Å². The Morgan fingerprint density at radius 2 is 2.09 bits per heavy atom. The van der Waals surface area contributed by atoms with Crippen LogP contribution in [0.4, 0.5) is 5.69 Å². The number of benzene rings is 1. The van der Waals surface area contributed by atoms with Crippen molar-refractivity contribution in [3.63, 3.8) is 0 Å². The molecule has 1 aliphatic rings. The van der Waals surface area contributed by atoms with Gasteiger partial charge in [-0.2, -0.15) is 0 Å². The van der Waals surface area contributed by atoms with Gasteiger partial charge in [-0.25, -0.2) is 0 Å². The molecule has 0 amide bonds. The van der Waals surface area contributed by atoms with E-state index in [1.54, 1.807) is 16.7 Å². The summed E-state index contributed by atoms with van der Waals surface area (Å²) in [4.78, 5) is 14.8. The third kappa shape index (κ3) is 2.28. The van der Waals surface area contributed by atoms with Crippen molar-refractivity contribution in [2.24, 2.45) is 0 Å². The lowest BCUT2D eigenvalue weighted by molar-refractivity contribution is -0.721. The zero-order valence-electron chi connectivity index (χ0n) is 12.5. The molecule has 0 aliphatic heterocycles. The van der Waals surface area contributed by atoms with Crippen LogP contribution < -0.4 is 4.57 Å². The van der Waals surface area contributed by atoms with E-state index in [9.17, 15) is 10.1 Å². The van der Waals surface area contributed by atoms with Crippen LogP contribution in [0.15, 0.2) is 41.1 Å². The second-order valence-corrected chi connectivity index (χ2v) is 5.65. The van der Waals surface area contributed by atoms with Crippen molar-refractivity contribution in [3.05, 3.63) is 69.2 Å². The average molecular weight is 308 g/mol. The van der Waals surface area contributed by atoms with E-state index in [1.165, 1.54) is 12.1 Å². The van der Waals surface area contributed by atoms with Crippen molar-refractivity contribution in [3.8, 4) is 0 Å². The van der Waals surface area contributed by atoms with Crippen molar-refractivity contribution >= 4 is 23.0 Å². The zero-order chi connectivity index (χ0) is 16.0. The van der Waals surface area contributed by atoms with Crippen LogP contribution in [0, 0.1) is 17.0 Å². The monoisotopic (exact) mass is 308 g/mol. The van der Waals surface area contributed by atoms with Crippen molar-refractivity contribution in [1.82, 2.24) is 4.98 Å². The molecule has 6 heteroatoms.